The molecular weight excluding hydrogens is 244 g/mol. The highest BCUT2D eigenvalue weighted by Crippen LogP contribution is 2.59. The van der Waals surface area contributed by atoms with Crippen molar-refractivity contribution >= 4 is 0 Å². The summed E-state index contributed by atoms with van der Waals surface area (Å²) in [6.45, 7) is 0. The number of hydrogen-bond acceptors (Lipinski definition) is 4. The van der Waals surface area contributed by atoms with Gasteiger partial charge in [0, 0.05) is 5.41 Å². The molecule has 0 radical (unpaired) electrons. The molecule has 6 nitrogen and oxygen atoms in total. The number of aromatic nitrogens is 3. The van der Waals surface area contributed by atoms with Crippen LogP contribution in [0.3, 0.4) is 0 Å². The molecule has 19 heavy (non-hydrogen) atoms. The molecule has 3 N–H and O–H groups in total. The average Bonchev–Trinajstić information content (AvgIpc) is 2.34. The summed E-state index contributed by atoms with van der Waals surface area (Å²) >= 11 is 0. The van der Waals surface area contributed by atoms with Gasteiger partial charge in [-0.25, -0.2) is 9.89 Å². The zero-order valence-corrected chi connectivity index (χ0v) is 10.8. The summed E-state index contributed by atoms with van der Waals surface area (Å²) in [5.74, 6) is 7.70. The van der Waals surface area contributed by atoms with Crippen molar-refractivity contribution in [2.45, 2.75) is 43.9 Å². The van der Waals surface area contributed by atoms with Crippen LogP contribution in [0.4, 0.5) is 0 Å². The molecule has 1 aromatic heterocycles. The molecule has 4 saturated carbocycles. The second-order valence-corrected chi connectivity index (χ2v) is 6.75. The predicted octanol–water partition coefficient (Wildman–Crippen LogP) is 0.113. The van der Waals surface area contributed by atoms with E-state index in [0.29, 0.717) is 10.4 Å². The first-order valence-electron chi connectivity index (χ1n) is 7.05. The lowest BCUT2D eigenvalue weighted by Crippen LogP contribution is -2.54. The van der Waals surface area contributed by atoms with Crippen LogP contribution in [0.15, 0.2) is 9.59 Å². The van der Waals surface area contributed by atoms with Crippen molar-refractivity contribution < 1.29 is 0 Å². The summed E-state index contributed by atoms with van der Waals surface area (Å²) in [7, 11) is 0. The van der Waals surface area contributed by atoms with Crippen LogP contribution in [-0.4, -0.2) is 14.9 Å². The maximum atomic E-state index is 12.3. The van der Waals surface area contributed by atoms with Gasteiger partial charge in [0.15, 0.2) is 0 Å². The molecule has 0 aromatic carbocycles. The molecule has 0 atom stereocenters. The van der Waals surface area contributed by atoms with E-state index in [0.717, 1.165) is 37.0 Å². The zero-order chi connectivity index (χ0) is 13.2. The van der Waals surface area contributed by atoms with E-state index >= 15 is 0 Å². The lowest BCUT2D eigenvalue weighted by Gasteiger charge is -2.56. The molecule has 0 amide bonds. The fourth-order valence-corrected chi connectivity index (χ4v) is 5.16. The molecule has 6 heteroatoms. The van der Waals surface area contributed by atoms with Crippen molar-refractivity contribution in [3.8, 4) is 0 Å². The highest BCUT2D eigenvalue weighted by Gasteiger charge is 2.53. The Balaban J connectivity index is 1.86. The minimum atomic E-state index is -0.640. The van der Waals surface area contributed by atoms with Crippen LogP contribution >= 0.6 is 0 Å². The monoisotopic (exact) mass is 262 g/mol. The second kappa shape index (κ2) is 3.49. The van der Waals surface area contributed by atoms with Crippen LogP contribution in [0, 0.1) is 17.8 Å². The Bertz CT molecular complexity index is 609. The number of nitrogens with two attached hydrogens (primary N) is 1. The third kappa shape index (κ3) is 1.45. The van der Waals surface area contributed by atoms with E-state index in [9.17, 15) is 9.59 Å². The lowest BCUT2D eigenvalue weighted by atomic mass is 9.49. The molecule has 0 spiro atoms. The topological polar surface area (TPSA) is 93.8 Å². The molecule has 1 heterocycles. The Morgan fingerprint density at radius 1 is 1.11 bits per heavy atom. The first-order valence-corrected chi connectivity index (χ1v) is 7.05. The van der Waals surface area contributed by atoms with E-state index < -0.39 is 11.2 Å². The molecule has 4 aliphatic rings. The summed E-state index contributed by atoms with van der Waals surface area (Å²) < 4.78 is 0.668. The van der Waals surface area contributed by atoms with Crippen molar-refractivity contribution in [1.29, 1.82) is 0 Å². The summed E-state index contributed by atoms with van der Waals surface area (Å²) in [5.41, 5.74) is -0.685. The summed E-state index contributed by atoms with van der Waals surface area (Å²) in [6.07, 6.45) is 7.02. The summed E-state index contributed by atoms with van der Waals surface area (Å²) in [5, 5.41) is 6.44. The van der Waals surface area contributed by atoms with Crippen LogP contribution in [-0.2, 0) is 5.41 Å². The fourth-order valence-electron chi connectivity index (χ4n) is 5.16. The first-order chi connectivity index (χ1) is 9.07. The van der Waals surface area contributed by atoms with Gasteiger partial charge in [0.1, 0.15) is 5.69 Å². The van der Waals surface area contributed by atoms with Crippen molar-refractivity contribution in [2.75, 3.05) is 5.84 Å². The number of rotatable bonds is 1. The number of nitrogen functional groups attached to an aromatic ring is 1. The molecule has 0 unspecified atom stereocenters. The van der Waals surface area contributed by atoms with E-state index in [1.165, 1.54) is 19.3 Å². The number of nitrogens with zero attached hydrogens (tertiary/aromatic N) is 2. The second-order valence-electron chi connectivity index (χ2n) is 6.75. The van der Waals surface area contributed by atoms with Gasteiger partial charge in [-0.2, -0.15) is 9.77 Å². The van der Waals surface area contributed by atoms with Crippen LogP contribution < -0.4 is 17.1 Å². The molecule has 0 aliphatic heterocycles. The van der Waals surface area contributed by atoms with Gasteiger partial charge < -0.3 is 5.84 Å². The van der Waals surface area contributed by atoms with Gasteiger partial charge in [-0.05, 0) is 56.3 Å². The van der Waals surface area contributed by atoms with E-state index in [-0.39, 0.29) is 5.41 Å². The smallest absolute Gasteiger partial charge is 0.332 e. The molecule has 1 aromatic rings. The van der Waals surface area contributed by atoms with Crippen molar-refractivity contribution in [3.63, 3.8) is 0 Å². The van der Waals surface area contributed by atoms with Crippen LogP contribution in [0.5, 0.6) is 0 Å². The van der Waals surface area contributed by atoms with E-state index in [1.54, 1.807) is 0 Å². The van der Waals surface area contributed by atoms with Gasteiger partial charge in [0.2, 0.25) is 0 Å². The highest BCUT2D eigenvalue weighted by molar-refractivity contribution is 5.20. The Hall–Kier alpha value is -1.59. The van der Waals surface area contributed by atoms with Crippen LogP contribution in [0.25, 0.3) is 0 Å². The minimum absolute atomic E-state index is 0.128. The number of H-pyrrole nitrogens is 1. The quantitative estimate of drug-likeness (QED) is 0.703. The van der Waals surface area contributed by atoms with Gasteiger partial charge in [-0.3, -0.25) is 4.79 Å². The number of nitrogens with one attached hydrogen (secondary N) is 1. The molecular formula is C13H18N4O2. The average molecular weight is 262 g/mol. The molecule has 102 valence electrons. The van der Waals surface area contributed by atoms with Crippen molar-refractivity contribution in [2.24, 2.45) is 17.8 Å². The predicted molar refractivity (Wildman–Crippen MR) is 69.1 cm³/mol. The lowest BCUT2D eigenvalue weighted by molar-refractivity contribution is -0.00860. The molecule has 0 saturated heterocycles. The third-order valence-corrected chi connectivity index (χ3v) is 5.44. The van der Waals surface area contributed by atoms with Crippen molar-refractivity contribution in [1.82, 2.24) is 14.9 Å². The van der Waals surface area contributed by atoms with Crippen molar-refractivity contribution in [3.05, 3.63) is 26.5 Å². The Kier molecular flexibility index (Phi) is 2.07. The van der Waals surface area contributed by atoms with E-state index in [2.05, 4.69) is 10.2 Å². The third-order valence-electron chi connectivity index (χ3n) is 5.44. The molecule has 5 rings (SSSR count). The fraction of sp³-hybridized carbons (Fsp3) is 0.769. The van der Waals surface area contributed by atoms with Gasteiger partial charge in [0.05, 0.1) is 0 Å². The first kappa shape index (κ1) is 11.3. The molecule has 4 aliphatic carbocycles. The van der Waals surface area contributed by atoms with Gasteiger partial charge >= 0.3 is 5.69 Å². The highest BCUT2D eigenvalue weighted by atomic mass is 16.2. The minimum Gasteiger partial charge on any atom is -0.332 e. The Morgan fingerprint density at radius 2 is 1.63 bits per heavy atom. The maximum Gasteiger partial charge on any atom is 0.363 e. The normalized spacial score (nSPS) is 39.7. The maximum absolute atomic E-state index is 12.3. The molecule has 4 bridgehead atoms. The van der Waals surface area contributed by atoms with Gasteiger partial charge in [-0.15, -0.1) is 0 Å². The largest absolute Gasteiger partial charge is 0.363 e. The van der Waals surface area contributed by atoms with Gasteiger partial charge in [0.25, 0.3) is 5.56 Å². The standard InChI is InChI=1S/C13H18N4O2/c14-17-11(18)10(15-16-12(17)19)13-4-7-1-8(5-13)3-9(2-7)6-13/h7-9H,1-6,14H2,(H,16,19). The molecule has 4 fully saturated rings. The van der Waals surface area contributed by atoms with E-state index in [1.807, 2.05) is 0 Å². The summed E-state index contributed by atoms with van der Waals surface area (Å²) in [6, 6.07) is 0. The SMILES string of the molecule is Nn1c(=O)[nH]nc(C23CC4CC(CC(C4)C2)C3)c1=O. The Morgan fingerprint density at radius 3 is 2.16 bits per heavy atom. The van der Waals surface area contributed by atoms with E-state index in [4.69, 9.17) is 5.84 Å². The zero-order valence-electron chi connectivity index (χ0n) is 10.8. The van der Waals surface area contributed by atoms with Crippen LogP contribution in [0.1, 0.15) is 44.2 Å². The number of hydrogen-bond donors (Lipinski definition) is 2. The number of aromatic amines is 1. The Labute approximate surface area is 110 Å². The van der Waals surface area contributed by atoms with Gasteiger partial charge in [-0.1, -0.05) is 0 Å². The van der Waals surface area contributed by atoms with Crippen LogP contribution in [0.2, 0.25) is 0 Å². The summed E-state index contributed by atoms with van der Waals surface area (Å²) in [4.78, 5) is 23.6.